The van der Waals surface area contributed by atoms with Crippen LogP contribution in [0.5, 0.6) is 0 Å². The number of alkyl halides is 1. The Hall–Kier alpha value is -0.410. The van der Waals surface area contributed by atoms with Gasteiger partial charge in [0.25, 0.3) is 0 Å². The lowest BCUT2D eigenvalue weighted by Crippen LogP contribution is -2.12. The van der Waals surface area contributed by atoms with E-state index >= 15 is 0 Å². The Morgan fingerprint density at radius 2 is 2.23 bits per heavy atom. The van der Waals surface area contributed by atoms with Gasteiger partial charge >= 0.3 is 0 Å². The summed E-state index contributed by atoms with van der Waals surface area (Å²) in [6.07, 6.45) is 0. The molecule has 1 aromatic heterocycles. The number of pyridine rings is 1. The van der Waals surface area contributed by atoms with Gasteiger partial charge in [-0.15, -0.1) is 0 Å². The fourth-order valence-electron chi connectivity index (χ4n) is 1.01. The van der Waals surface area contributed by atoms with Gasteiger partial charge in [0, 0.05) is 11.3 Å². The van der Waals surface area contributed by atoms with Gasteiger partial charge in [-0.1, -0.05) is 27.5 Å². The molecule has 1 atom stereocenters. The van der Waals surface area contributed by atoms with E-state index in [9.17, 15) is 4.79 Å². The van der Waals surface area contributed by atoms with Crippen LogP contribution in [0.2, 0.25) is 5.15 Å². The molecule has 1 rings (SSSR count). The molecule has 70 valence electrons. The van der Waals surface area contributed by atoms with Gasteiger partial charge in [-0.25, -0.2) is 4.98 Å². The lowest BCUT2D eigenvalue weighted by Gasteiger charge is -2.05. The number of carbonyl (C=O) groups is 1. The highest BCUT2D eigenvalue weighted by atomic mass is 79.9. The number of aromatic nitrogens is 1. The Labute approximate surface area is 90.4 Å². The van der Waals surface area contributed by atoms with Crippen LogP contribution in [0.15, 0.2) is 12.1 Å². The summed E-state index contributed by atoms with van der Waals surface area (Å²) in [5, 5.41) is 0.413. The van der Waals surface area contributed by atoms with Crippen LogP contribution in [0.4, 0.5) is 0 Å². The van der Waals surface area contributed by atoms with Crippen LogP contribution in [0.25, 0.3) is 0 Å². The molecule has 1 heterocycles. The molecule has 0 aliphatic rings. The van der Waals surface area contributed by atoms with Crippen molar-refractivity contribution in [3.8, 4) is 0 Å². The average Bonchev–Trinajstić information content (AvgIpc) is 2.03. The quantitative estimate of drug-likeness (QED) is 0.466. The Bertz CT molecular complexity index is 338. The van der Waals surface area contributed by atoms with E-state index in [0.29, 0.717) is 16.4 Å². The first-order valence-corrected chi connectivity index (χ1v) is 5.13. The van der Waals surface area contributed by atoms with Crippen molar-refractivity contribution >= 4 is 33.3 Å². The van der Waals surface area contributed by atoms with Crippen molar-refractivity contribution in [2.24, 2.45) is 0 Å². The summed E-state index contributed by atoms with van der Waals surface area (Å²) in [7, 11) is 0. The van der Waals surface area contributed by atoms with Crippen molar-refractivity contribution < 1.29 is 4.79 Å². The molecule has 0 saturated heterocycles. The zero-order chi connectivity index (χ0) is 10.0. The topological polar surface area (TPSA) is 30.0 Å². The summed E-state index contributed by atoms with van der Waals surface area (Å²) >= 11 is 8.89. The van der Waals surface area contributed by atoms with E-state index < -0.39 is 0 Å². The molecule has 4 heteroatoms. The highest BCUT2D eigenvalue weighted by molar-refractivity contribution is 9.10. The Morgan fingerprint density at radius 1 is 1.62 bits per heavy atom. The molecule has 0 aliphatic heterocycles. The number of rotatable bonds is 2. The highest BCUT2D eigenvalue weighted by Crippen LogP contribution is 2.15. The third kappa shape index (κ3) is 2.51. The molecule has 13 heavy (non-hydrogen) atoms. The van der Waals surface area contributed by atoms with Crippen molar-refractivity contribution in [2.75, 3.05) is 0 Å². The molecular weight excluding hydrogens is 253 g/mol. The van der Waals surface area contributed by atoms with Gasteiger partial charge in [0.2, 0.25) is 0 Å². The Kier molecular flexibility index (Phi) is 3.45. The van der Waals surface area contributed by atoms with Crippen molar-refractivity contribution in [3.63, 3.8) is 0 Å². The first-order chi connectivity index (χ1) is 6.02. The van der Waals surface area contributed by atoms with E-state index in [-0.39, 0.29) is 10.6 Å². The maximum absolute atomic E-state index is 11.5. The van der Waals surface area contributed by atoms with Gasteiger partial charge in [0.1, 0.15) is 5.15 Å². The van der Waals surface area contributed by atoms with Gasteiger partial charge in [0.15, 0.2) is 5.78 Å². The third-order valence-electron chi connectivity index (χ3n) is 1.68. The average molecular weight is 263 g/mol. The maximum Gasteiger partial charge on any atom is 0.177 e. The van der Waals surface area contributed by atoms with E-state index in [4.69, 9.17) is 11.6 Å². The van der Waals surface area contributed by atoms with Crippen LogP contribution in [0, 0.1) is 6.92 Å². The largest absolute Gasteiger partial charge is 0.293 e. The second-order valence-electron chi connectivity index (χ2n) is 2.75. The minimum atomic E-state index is -0.186. The third-order valence-corrected chi connectivity index (χ3v) is 2.30. The first kappa shape index (κ1) is 10.7. The van der Waals surface area contributed by atoms with Gasteiger partial charge in [-0.2, -0.15) is 0 Å². The highest BCUT2D eigenvalue weighted by Gasteiger charge is 2.14. The van der Waals surface area contributed by atoms with E-state index in [2.05, 4.69) is 20.9 Å². The Balaban J connectivity index is 3.09. The first-order valence-electron chi connectivity index (χ1n) is 3.84. The molecule has 0 fully saturated rings. The molecule has 1 unspecified atom stereocenters. The van der Waals surface area contributed by atoms with E-state index in [1.165, 1.54) is 0 Å². The number of nitrogens with zero attached hydrogens (tertiary/aromatic N) is 1. The lowest BCUT2D eigenvalue weighted by molar-refractivity contribution is 0.0995. The van der Waals surface area contributed by atoms with Gasteiger partial charge < -0.3 is 0 Å². The molecule has 0 spiro atoms. The number of aryl methyl sites for hydroxylation is 1. The smallest absolute Gasteiger partial charge is 0.177 e. The molecule has 0 saturated carbocycles. The summed E-state index contributed by atoms with van der Waals surface area (Å²) in [4.78, 5) is 15.4. The Morgan fingerprint density at radius 3 is 2.69 bits per heavy atom. The molecule has 0 N–H and O–H groups in total. The molecule has 0 amide bonds. The fraction of sp³-hybridized carbons (Fsp3) is 0.333. The minimum absolute atomic E-state index is 0.0293. The molecule has 0 aliphatic carbocycles. The molecular formula is C9H9BrClNO. The SMILES string of the molecule is Cc1nc(Cl)ccc1C(=O)C(C)Br. The number of carbonyl (C=O) groups excluding carboxylic acids is 1. The second kappa shape index (κ2) is 4.20. The lowest BCUT2D eigenvalue weighted by atomic mass is 10.1. The monoisotopic (exact) mass is 261 g/mol. The van der Waals surface area contributed by atoms with Gasteiger partial charge in [-0.05, 0) is 26.0 Å². The summed E-state index contributed by atoms with van der Waals surface area (Å²) in [6.45, 7) is 3.56. The molecule has 0 aromatic carbocycles. The van der Waals surface area contributed by atoms with Crippen LogP contribution in [-0.4, -0.2) is 15.6 Å². The summed E-state index contributed by atoms with van der Waals surface area (Å²) in [5.41, 5.74) is 1.29. The van der Waals surface area contributed by atoms with Crippen LogP contribution in [-0.2, 0) is 0 Å². The molecule has 0 radical (unpaired) electrons. The van der Waals surface area contributed by atoms with Gasteiger partial charge in [-0.3, -0.25) is 4.79 Å². The second-order valence-corrected chi connectivity index (χ2v) is 4.51. The number of hydrogen-bond acceptors (Lipinski definition) is 2. The normalized spacial score (nSPS) is 12.6. The number of hydrogen-bond donors (Lipinski definition) is 0. The number of ketones is 1. The van der Waals surface area contributed by atoms with Crippen molar-refractivity contribution in [1.29, 1.82) is 0 Å². The van der Waals surface area contributed by atoms with Crippen molar-refractivity contribution in [2.45, 2.75) is 18.7 Å². The van der Waals surface area contributed by atoms with Crippen molar-refractivity contribution in [1.82, 2.24) is 4.98 Å². The summed E-state index contributed by atoms with van der Waals surface area (Å²) in [6, 6.07) is 3.32. The van der Waals surface area contributed by atoms with Crippen LogP contribution in [0.3, 0.4) is 0 Å². The fourth-order valence-corrected chi connectivity index (χ4v) is 1.44. The van der Waals surface area contributed by atoms with Crippen molar-refractivity contribution in [3.05, 3.63) is 28.5 Å². The zero-order valence-electron chi connectivity index (χ0n) is 7.34. The number of halogens is 2. The van der Waals surface area contributed by atoms with Crippen LogP contribution >= 0.6 is 27.5 Å². The van der Waals surface area contributed by atoms with E-state index in [0.717, 1.165) is 0 Å². The maximum atomic E-state index is 11.5. The summed E-state index contributed by atoms with van der Waals surface area (Å²) < 4.78 is 0. The van der Waals surface area contributed by atoms with Gasteiger partial charge in [0.05, 0.1) is 4.83 Å². The van der Waals surface area contributed by atoms with E-state index in [1.807, 2.05) is 0 Å². The van der Waals surface area contributed by atoms with Crippen LogP contribution in [0.1, 0.15) is 23.0 Å². The zero-order valence-corrected chi connectivity index (χ0v) is 9.69. The predicted octanol–water partition coefficient (Wildman–Crippen LogP) is 3.01. The standard InChI is InChI=1S/C9H9BrClNO/c1-5(10)9(13)7-3-4-8(11)12-6(7)2/h3-5H,1-2H3. The minimum Gasteiger partial charge on any atom is -0.293 e. The van der Waals surface area contributed by atoms with E-state index in [1.54, 1.807) is 26.0 Å². The summed E-state index contributed by atoms with van der Waals surface area (Å²) in [5.74, 6) is 0.0293. The predicted molar refractivity (Wildman–Crippen MR) is 56.7 cm³/mol. The molecule has 2 nitrogen and oxygen atoms in total. The molecule has 1 aromatic rings. The van der Waals surface area contributed by atoms with Crippen LogP contribution < -0.4 is 0 Å². The molecule has 0 bridgehead atoms. The number of Topliss-reactive ketones (excluding diaryl/α,β-unsaturated/α-hetero) is 1.